The highest BCUT2D eigenvalue weighted by atomic mass is 32.1. The Bertz CT molecular complexity index is 686. The number of carbonyl (C=O) groups is 1. The molecular formula is C17H22N4O2S. The van der Waals surface area contributed by atoms with Crippen LogP contribution < -0.4 is 5.32 Å². The van der Waals surface area contributed by atoms with Gasteiger partial charge in [-0.25, -0.2) is 4.98 Å². The normalized spacial score (nSPS) is 18.5. The maximum absolute atomic E-state index is 11.1. The summed E-state index contributed by atoms with van der Waals surface area (Å²) in [7, 11) is 0. The van der Waals surface area contributed by atoms with Crippen LogP contribution >= 0.6 is 11.3 Å². The summed E-state index contributed by atoms with van der Waals surface area (Å²) >= 11 is 1.53. The summed E-state index contributed by atoms with van der Waals surface area (Å²) in [6.07, 6.45) is 4.83. The third-order valence-electron chi connectivity index (χ3n) is 3.87. The number of ether oxygens (including phenoxy) is 1. The second-order valence-electron chi connectivity index (χ2n) is 6.05. The van der Waals surface area contributed by atoms with Gasteiger partial charge in [0.25, 0.3) is 0 Å². The van der Waals surface area contributed by atoms with Crippen LogP contribution in [0.4, 0.5) is 5.13 Å². The highest BCUT2D eigenvalue weighted by Gasteiger charge is 2.21. The Hall–Kier alpha value is -1.83. The number of nitrogens with one attached hydrogen (secondary N) is 1. The summed E-state index contributed by atoms with van der Waals surface area (Å²) in [6.45, 7) is 6.86. The van der Waals surface area contributed by atoms with E-state index < -0.39 is 0 Å². The van der Waals surface area contributed by atoms with Crippen molar-refractivity contribution in [1.82, 2.24) is 14.9 Å². The highest BCUT2D eigenvalue weighted by molar-refractivity contribution is 7.15. The van der Waals surface area contributed by atoms with Gasteiger partial charge >= 0.3 is 0 Å². The molecule has 1 fully saturated rings. The molecule has 0 unspecified atom stereocenters. The fraction of sp³-hybridized carbons (Fsp3) is 0.471. The summed E-state index contributed by atoms with van der Waals surface area (Å²) in [5, 5.41) is 3.39. The van der Waals surface area contributed by atoms with Crippen LogP contribution in [0, 0.1) is 6.92 Å². The third-order valence-corrected chi connectivity index (χ3v) is 4.77. The smallest absolute Gasteiger partial charge is 0.223 e. The second kappa shape index (κ2) is 7.83. The standard InChI is InChI=1S/C17H22N4O2S/c1-12-3-4-14(8-18-12)7-15-10-21(5-6-23-15)11-16-9-19-17(24-16)20-13(2)22/h3-4,8-9,15H,5-7,10-11H2,1-2H3,(H,19,20,22)/t15-/m1/s1. The minimum atomic E-state index is -0.0888. The molecule has 1 N–H and O–H groups in total. The second-order valence-corrected chi connectivity index (χ2v) is 7.17. The van der Waals surface area contributed by atoms with Gasteiger partial charge in [-0.1, -0.05) is 6.07 Å². The Morgan fingerprint density at radius 3 is 3.04 bits per heavy atom. The summed E-state index contributed by atoms with van der Waals surface area (Å²) in [5.74, 6) is -0.0888. The van der Waals surface area contributed by atoms with E-state index in [1.165, 1.54) is 23.8 Å². The van der Waals surface area contributed by atoms with Crippen molar-refractivity contribution in [2.24, 2.45) is 0 Å². The van der Waals surface area contributed by atoms with Crippen molar-refractivity contribution in [2.75, 3.05) is 25.0 Å². The van der Waals surface area contributed by atoms with E-state index >= 15 is 0 Å². The lowest BCUT2D eigenvalue weighted by Crippen LogP contribution is -2.42. The Morgan fingerprint density at radius 1 is 1.42 bits per heavy atom. The van der Waals surface area contributed by atoms with E-state index in [0.717, 1.165) is 43.2 Å². The molecule has 2 aromatic rings. The minimum Gasteiger partial charge on any atom is -0.375 e. The maximum atomic E-state index is 11.1. The Balaban J connectivity index is 1.54. The maximum Gasteiger partial charge on any atom is 0.223 e. The van der Waals surface area contributed by atoms with Crippen LogP contribution in [0.25, 0.3) is 0 Å². The first kappa shape index (κ1) is 17.0. The molecule has 6 nitrogen and oxygen atoms in total. The molecule has 128 valence electrons. The molecule has 1 aliphatic heterocycles. The molecule has 0 aliphatic carbocycles. The molecule has 0 aromatic carbocycles. The van der Waals surface area contributed by atoms with E-state index in [9.17, 15) is 4.79 Å². The number of rotatable bonds is 5. The fourth-order valence-corrected chi connectivity index (χ4v) is 3.64. The van der Waals surface area contributed by atoms with Gasteiger partial charge in [-0.3, -0.25) is 14.7 Å². The predicted molar refractivity (Wildman–Crippen MR) is 94.1 cm³/mol. The number of thiazole rings is 1. The Morgan fingerprint density at radius 2 is 2.29 bits per heavy atom. The van der Waals surface area contributed by atoms with Crippen LogP contribution in [0.2, 0.25) is 0 Å². The number of pyridine rings is 1. The molecule has 0 radical (unpaired) electrons. The molecule has 1 aliphatic rings. The molecule has 0 saturated carbocycles. The summed E-state index contributed by atoms with van der Waals surface area (Å²) in [5.41, 5.74) is 2.24. The molecule has 3 rings (SSSR count). The van der Waals surface area contributed by atoms with Crippen molar-refractivity contribution in [3.8, 4) is 0 Å². The molecule has 1 amide bonds. The van der Waals surface area contributed by atoms with E-state index in [1.54, 1.807) is 0 Å². The fourth-order valence-electron chi connectivity index (χ4n) is 2.74. The Labute approximate surface area is 145 Å². The quantitative estimate of drug-likeness (QED) is 0.899. The third kappa shape index (κ3) is 4.83. The summed E-state index contributed by atoms with van der Waals surface area (Å²) < 4.78 is 5.90. The van der Waals surface area contributed by atoms with Gasteiger partial charge in [-0.2, -0.15) is 0 Å². The van der Waals surface area contributed by atoms with Crippen LogP contribution in [0.1, 0.15) is 23.1 Å². The lowest BCUT2D eigenvalue weighted by molar-refractivity contribution is -0.114. The Kier molecular flexibility index (Phi) is 5.55. The molecular weight excluding hydrogens is 324 g/mol. The lowest BCUT2D eigenvalue weighted by Gasteiger charge is -2.32. The number of morpholine rings is 1. The first-order valence-electron chi connectivity index (χ1n) is 8.06. The molecule has 3 heterocycles. The van der Waals surface area contributed by atoms with Gasteiger partial charge in [0, 0.05) is 55.9 Å². The first-order chi connectivity index (χ1) is 11.6. The summed E-state index contributed by atoms with van der Waals surface area (Å²) in [4.78, 5) is 23.2. The van der Waals surface area contributed by atoms with Crippen molar-refractivity contribution >= 4 is 22.4 Å². The number of aryl methyl sites for hydroxylation is 1. The van der Waals surface area contributed by atoms with Gasteiger partial charge in [0.15, 0.2) is 5.13 Å². The number of aromatic nitrogens is 2. The largest absolute Gasteiger partial charge is 0.375 e. The van der Waals surface area contributed by atoms with Gasteiger partial charge in [-0.15, -0.1) is 11.3 Å². The number of carbonyl (C=O) groups excluding carboxylic acids is 1. The van der Waals surface area contributed by atoms with Crippen molar-refractivity contribution in [1.29, 1.82) is 0 Å². The highest BCUT2D eigenvalue weighted by Crippen LogP contribution is 2.21. The minimum absolute atomic E-state index is 0.0888. The molecule has 1 atom stereocenters. The molecule has 1 saturated heterocycles. The van der Waals surface area contributed by atoms with Crippen LogP contribution in [0.3, 0.4) is 0 Å². The van der Waals surface area contributed by atoms with Crippen molar-refractivity contribution in [2.45, 2.75) is 32.9 Å². The van der Waals surface area contributed by atoms with Crippen LogP contribution in [0.15, 0.2) is 24.5 Å². The van der Waals surface area contributed by atoms with Gasteiger partial charge in [0.05, 0.1) is 12.7 Å². The summed E-state index contributed by atoms with van der Waals surface area (Å²) in [6, 6.07) is 4.16. The zero-order valence-electron chi connectivity index (χ0n) is 14.0. The van der Waals surface area contributed by atoms with E-state index in [-0.39, 0.29) is 12.0 Å². The van der Waals surface area contributed by atoms with Gasteiger partial charge < -0.3 is 10.1 Å². The number of anilines is 1. The molecule has 0 bridgehead atoms. The first-order valence-corrected chi connectivity index (χ1v) is 8.88. The van der Waals surface area contributed by atoms with Crippen molar-refractivity contribution in [3.63, 3.8) is 0 Å². The predicted octanol–water partition coefficient (Wildman–Crippen LogP) is 2.25. The lowest BCUT2D eigenvalue weighted by atomic mass is 10.1. The molecule has 0 spiro atoms. The van der Waals surface area contributed by atoms with Gasteiger partial charge in [0.2, 0.25) is 5.91 Å². The average Bonchev–Trinajstić information content (AvgIpc) is 2.96. The van der Waals surface area contributed by atoms with Crippen LogP contribution in [-0.2, 0) is 22.5 Å². The molecule has 24 heavy (non-hydrogen) atoms. The van der Waals surface area contributed by atoms with Crippen LogP contribution in [-0.4, -0.2) is 46.6 Å². The van der Waals surface area contributed by atoms with E-state index in [2.05, 4.69) is 26.3 Å². The SMILES string of the molecule is CC(=O)Nc1ncc(CN2CCO[C@H](Cc3ccc(C)nc3)C2)s1. The number of amides is 1. The van der Waals surface area contributed by atoms with Crippen molar-refractivity contribution in [3.05, 3.63) is 40.7 Å². The van der Waals surface area contributed by atoms with Crippen LogP contribution in [0.5, 0.6) is 0 Å². The molecule has 2 aromatic heterocycles. The van der Waals surface area contributed by atoms with E-state index in [4.69, 9.17) is 4.74 Å². The van der Waals surface area contributed by atoms with E-state index in [0.29, 0.717) is 5.13 Å². The number of hydrogen-bond donors (Lipinski definition) is 1. The van der Waals surface area contributed by atoms with Gasteiger partial charge in [-0.05, 0) is 18.6 Å². The average molecular weight is 346 g/mol. The topological polar surface area (TPSA) is 67.4 Å². The van der Waals surface area contributed by atoms with Gasteiger partial charge in [0.1, 0.15) is 0 Å². The monoisotopic (exact) mass is 346 g/mol. The number of nitrogens with zero attached hydrogens (tertiary/aromatic N) is 3. The van der Waals surface area contributed by atoms with E-state index in [1.807, 2.05) is 25.4 Å². The zero-order valence-corrected chi connectivity index (χ0v) is 14.8. The molecule has 7 heteroatoms. The zero-order chi connectivity index (χ0) is 16.9. The number of hydrogen-bond acceptors (Lipinski definition) is 6. The van der Waals surface area contributed by atoms with Crippen molar-refractivity contribution < 1.29 is 9.53 Å².